The molecule has 2 atom stereocenters. The van der Waals surface area contributed by atoms with Crippen molar-refractivity contribution in [3.8, 4) is 17.1 Å². The molecule has 3 aromatic rings. The summed E-state index contributed by atoms with van der Waals surface area (Å²) in [6.45, 7) is 0. The first-order chi connectivity index (χ1) is 12.5. The number of aromatic nitrogens is 3. The topological polar surface area (TPSA) is 95.1 Å². The molecule has 0 aromatic carbocycles. The average Bonchev–Trinajstić information content (AvgIpc) is 3.27. The molecule has 1 aliphatic carbocycles. The number of pyridine rings is 2. The van der Waals surface area contributed by atoms with Crippen molar-refractivity contribution in [1.82, 2.24) is 14.5 Å². The number of halogens is 1. The predicted molar refractivity (Wildman–Crippen MR) is 96.5 cm³/mol. The highest BCUT2D eigenvalue weighted by Crippen LogP contribution is 2.36. The zero-order valence-electron chi connectivity index (χ0n) is 14.4. The van der Waals surface area contributed by atoms with Crippen molar-refractivity contribution < 1.29 is 13.9 Å². The van der Waals surface area contributed by atoms with E-state index in [9.17, 15) is 9.18 Å². The minimum atomic E-state index is -1.04. The highest BCUT2D eigenvalue weighted by molar-refractivity contribution is 5.96. The number of carbonyl (C=O) groups excluding carboxylic acids is 1. The maximum Gasteiger partial charge on any atom is 0.231 e. The van der Waals surface area contributed by atoms with Crippen molar-refractivity contribution in [1.29, 1.82) is 0 Å². The molecule has 3 aromatic heterocycles. The van der Waals surface area contributed by atoms with E-state index in [0.29, 0.717) is 17.4 Å². The fraction of sp³-hybridized carbons (Fsp3) is 0.278. The number of nitrogens with one attached hydrogen (secondary N) is 1. The zero-order valence-corrected chi connectivity index (χ0v) is 14.4. The van der Waals surface area contributed by atoms with Crippen molar-refractivity contribution in [2.24, 2.45) is 13.0 Å². The fourth-order valence-electron chi connectivity index (χ4n) is 3.03. The number of nitrogen functional groups attached to an aromatic ring is 1. The van der Waals surface area contributed by atoms with Crippen LogP contribution in [0.4, 0.5) is 15.9 Å². The van der Waals surface area contributed by atoms with Crippen LogP contribution in [-0.2, 0) is 11.8 Å². The lowest BCUT2D eigenvalue weighted by Gasteiger charge is -2.09. The Bertz CT molecular complexity index is 1020. The number of methoxy groups -OCH3 is 1. The fourth-order valence-corrected chi connectivity index (χ4v) is 3.03. The second kappa shape index (κ2) is 5.98. The number of rotatable bonds is 4. The summed E-state index contributed by atoms with van der Waals surface area (Å²) in [6, 6.07) is 5.50. The maximum atomic E-state index is 13.0. The van der Waals surface area contributed by atoms with Gasteiger partial charge in [-0.25, -0.2) is 14.4 Å². The van der Waals surface area contributed by atoms with Crippen molar-refractivity contribution >= 4 is 28.3 Å². The Labute approximate surface area is 149 Å². The summed E-state index contributed by atoms with van der Waals surface area (Å²) in [5.74, 6) is -0.0191. The number of anilines is 2. The van der Waals surface area contributed by atoms with Gasteiger partial charge < -0.3 is 20.4 Å². The van der Waals surface area contributed by atoms with Crippen molar-refractivity contribution in [3.63, 3.8) is 0 Å². The van der Waals surface area contributed by atoms with Crippen LogP contribution in [0.1, 0.15) is 6.42 Å². The smallest absolute Gasteiger partial charge is 0.231 e. The standard InChI is InChI=1S/C18H18FN5O2/c1-24-14(12-5-10(20)7-22-18(12)26-2)3-9-4-16(21-8-15(9)24)23-17(25)11-6-13(11)19/h3-5,7-8,11,13H,6,20H2,1-2H3,(H,21,23,25)/t11-,13+/m1/s1. The molecule has 0 radical (unpaired) electrons. The van der Waals surface area contributed by atoms with Gasteiger partial charge in [-0.2, -0.15) is 0 Å². The van der Waals surface area contributed by atoms with Crippen LogP contribution in [0.25, 0.3) is 22.2 Å². The normalized spacial score (nSPS) is 18.7. The van der Waals surface area contributed by atoms with E-state index in [1.54, 1.807) is 25.4 Å². The van der Waals surface area contributed by atoms with Gasteiger partial charge >= 0.3 is 0 Å². The van der Waals surface area contributed by atoms with Crippen LogP contribution < -0.4 is 15.8 Å². The molecule has 0 saturated heterocycles. The summed E-state index contributed by atoms with van der Waals surface area (Å²) in [6.07, 6.45) is 2.45. The summed E-state index contributed by atoms with van der Waals surface area (Å²) in [7, 11) is 3.45. The van der Waals surface area contributed by atoms with E-state index in [1.165, 1.54) is 6.20 Å². The van der Waals surface area contributed by atoms with Crippen LogP contribution >= 0.6 is 0 Å². The number of carbonyl (C=O) groups is 1. The van der Waals surface area contributed by atoms with Crippen LogP contribution in [-0.4, -0.2) is 33.7 Å². The van der Waals surface area contributed by atoms with Crippen LogP contribution in [0.5, 0.6) is 5.88 Å². The lowest BCUT2D eigenvalue weighted by Crippen LogP contribution is -2.15. The largest absolute Gasteiger partial charge is 0.481 e. The third kappa shape index (κ3) is 2.73. The van der Waals surface area contributed by atoms with E-state index in [1.807, 2.05) is 17.7 Å². The predicted octanol–water partition coefficient (Wildman–Crippen LogP) is 2.52. The highest BCUT2D eigenvalue weighted by Gasteiger charge is 2.43. The zero-order chi connectivity index (χ0) is 18.4. The molecule has 1 amide bonds. The SMILES string of the molecule is COc1ncc(N)cc1-c1cc2cc(NC(=O)[C@@H]3C[C@@H]3F)ncc2n1C. The summed E-state index contributed by atoms with van der Waals surface area (Å²) in [5, 5.41) is 3.55. The third-order valence-electron chi connectivity index (χ3n) is 4.57. The van der Waals surface area contributed by atoms with Crippen LogP contribution in [0, 0.1) is 5.92 Å². The van der Waals surface area contributed by atoms with E-state index in [0.717, 1.165) is 22.2 Å². The maximum absolute atomic E-state index is 13.0. The molecule has 0 spiro atoms. The Morgan fingerprint density at radius 2 is 2.12 bits per heavy atom. The molecule has 8 heteroatoms. The molecule has 1 fully saturated rings. The lowest BCUT2D eigenvalue weighted by molar-refractivity contribution is -0.117. The molecule has 134 valence electrons. The molecule has 26 heavy (non-hydrogen) atoms. The Hall–Kier alpha value is -3.16. The number of alkyl halides is 1. The van der Waals surface area contributed by atoms with Gasteiger partial charge in [-0.1, -0.05) is 0 Å². The molecule has 0 aliphatic heterocycles. The van der Waals surface area contributed by atoms with Gasteiger partial charge in [0.15, 0.2) is 0 Å². The van der Waals surface area contributed by atoms with Crippen LogP contribution in [0.3, 0.4) is 0 Å². The summed E-state index contributed by atoms with van der Waals surface area (Å²) < 4.78 is 20.3. The Morgan fingerprint density at radius 1 is 1.35 bits per heavy atom. The molecule has 0 bridgehead atoms. The molecule has 3 heterocycles. The minimum Gasteiger partial charge on any atom is -0.481 e. The Kier molecular flexibility index (Phi) is 3.75. The third-order valence-corrected chi connectivity index (χ3v) is 4.57. The first kappa shape index (κ1) is 16.3. The van der Waals surface area contributed by atoms with Gasteiger partial charge in [-0.3, -0.25) is 4.79 Å². The average molecular weight is 355 g/mol. The van der Waals surface area contributed by atoms with Gasteiger partial charge in [-0.15, -0.1) is 0 Å². The molecular weight excluding hydrogens is 337 g/mol. The van der Waals surface area contributed by atoms with Gasteiger partial charge in [0, 0.05) is 12.4 Å². The van der Waals surface area contributed by atoms with Gasteiger partial charge in [0.2, 0.25) is 11.8 Å². The summed E-state index contributed by atoms with van der Waals surface area (Å²) in [4.78, 5) is 20.4. The molecule has 7 nitrogen and oxygen atoms in total. The summed E-state index contributed by atoms with van der Waals surface area (Å²) in [5.41, 5.74) is 8.89. The van der Waals surface area contributed by atoms with Crippen LogP contribution in [0.2, 0.25) is 0 Å². The van der Waals surface area contributed by atoms with Gasteiger partial charge in [0.1, 0.15) is 12.0 Å². The first-order valence-electron chi connectivity index (χ1n) is 8.18. The number of fused-ring (bicyclic) bond motifs is 1. The number of hydrogen-bond acceptors (Lipinski definition) is 5. The van der Waals surface area contributed by atoms with E-state index in [4.69, 9.17) is 10.5 Å². The van der Waals surface area contributed by atoms with E-state index < -0.39 is 12.1 Å². The number of hydrogen-bond donors (Lipinski definition) is 2. The monoisotopic (exact) mass is 355 g/mol. The van der Waals surface area contributed by atoms with Gasteiger partial charge in [0.25, 0.3) is 0 Å². The minimum absolute atomic E-state index is 0.284. The van der Waals surface area contributed by atoms with Crippen molar-refractivity contribution in [2.45, 2.75) is 12.6 Å². The molecule has 0 unspecified atom stereocenters. The number of nitrogens with zero attached hydrogens (tertiary/aromatic N) is 3. The molecule has 3 N–H and O–H groups in total. The van der Waals surface area contributed by atoms with Crippen LogP contribution in [0.15, 0.2) is 30.6 Å². The Morgan fingerprint density at radius 3 is 2.81 bits per heavy atom. The van der Waals surface area contributed by atoms with E-state index in [2.05, 4.69) is 15.3 Å². The van der Waals surface area contributed by atoms with Gasteiger partial charge in [-0.05, 0) is 24.6 Å². The number of amides is 1. The molecule has 1 aliphatic rings. The lowest BCUT2D eigenvalue weighted by atomic mass is 10.1. The van der Waals surface area contributed by atoms with E-state index >= 15 is 0 Å². The second-order valence-corrected chi connectivity index (χ2v) is 6.39. The first-order valence-corrected chi connectivity index (χ1v) is 8.18. The number of ether oxygens (including phenoxy) is 1. The molecule has 1 saturated carbocycles. The highest BCUT2D eigenvalue weighted by atomic mass is 19.1. The van der Waals surface area contributed by atoms with Crippen molar-refractivity contribution in [2.75, 3.05) is 18.2 Å². The second-order valence-electron chi connectivity index (χ2n) is 6.39. The molecule has 4 rings (SSSR count). The quantitative estimate of drug-likeness (QED) is 0.750. The van der Waals surface area contributed by atoms with Gasteiger partial charge in [0.05, 0.1) is 47.9 Å². The van der Waals surface area contributed by atoms with Crippen molar-refractivity contribution in [3.05, 3.63) is 30.6 Å². The number of aryl methyl sites for hydroxylation is 1. The Balaban J connectivity index is 1.73. The number of nitrogens with two attached hydrogens (primary N) is 1. The summed E-state index contributed by atoms with van der Waals surface area (Å²) >= 11 is 0. The molecular formula is C18H18FN5O2. The van der Waals surface area contributed by atoms with E-state index in [-0.39, 0.29) is 12.3 Å².